The van der Waals surface area contributed by atoms with Crippen LogP contribution in [0.3, 0.4) is 0 Å². The summed E-state index contributed by atoms with van der Waals surface area (Å²) in [5.41, 5.74) is -1.47. The molecule has 2 N–H and O–H groups in total. The molecule has 2 unspecified atom stereocenters. The molecule has 0 aliphatic heterocycles. The van der Waals surface area contributed by atoms with E-state index in [4.69, 9.17) is 8.85 Å². The van der Waals surface area contributed by atoms with Crippen LogP contribution in [0.15, 0.2) is 24.3 Å². The Kier molecular flexibility index (Phi) is 11.0. The number of aliphatic hydroxyl groups excluding tert-OH is 2. The zero-order valence-corrected chi connectivity index (χ0v) is 29.0. The zero-order chi connectivity index (χ0) is 29.2. The Labute approximate surface area is 237 Å². The fourth-order valence-corrected chi connectivity index (χ4v) is 7.68. The number of aliphatic hydroxyl groups is 2. The van der Waals surface area contributed by atoms with E-state index in [9.17, 15) is 10.2 Å². The molecular weight excluding hydrogens is 505 g/mol. The van der Waals surface area contributed by atoms with Gasteiger partial charge in [-0.15, -0.1) is 0 Å². The van der Waals surface area contributed by atoms with Crippen LogP contribution in [0.1, 0.15) is 93.9 Å². The third-order valence-corrected chi connectivity index (χ3v) is 19.7. The van der Waals surface area contributed by atoms with Crippen molar-refractivity contribution >= 4 is 16.6 Å². The fourth-order valence-electron chi connectivity index (χ4n) is 5.61. The van der Waals surface area contributed by atoms with Crippen LogP contribution in [0.5, 0.6) is 0 Å². The van der Waals surface area contributed by atoms with E-state index in [-0.39, 0.29) is 21.9 Å². The van der Waals surface area contributed by atoms with E-state index in [1.165, 1.54) is 0 Å². The van der Waals surface area contributed by atoms with Gasteiger partial charge in [0.25, 0.3) is 0 Å². The van der Waals surface area contributed by atoms with Crippen LogP contribution >= 0.6 is 0 Å². The van der Waals surface area contributed by atoms with Crippen molar-refractivity contribution in [2.24, 2.45) is 22.7 Å². The molecule has 0 radical (unpaired) electrons. The highest BCUT2D eigenvalue weighted by Gasteiger charge is 2.64. The Bertz CT molecular complexity index is 786. The number of hydrogen-bond donors (Lipinski definition) is 2. The van der Waals surface area contributed by atoms with Crippen molar-refractivity contribution in [3.63, 3.8) is 0 Å². The molecule has 0 amide bonds. The van der Waals surface area contributed by atoms with Crippen molar-refractivity contribution in [2.45, 2.75) is 142 Å². The summed E-state index contributed by atoms with van der Waals surface area (Å²) in [5.74, 6) is 0.0128. The smallest absolute Gasteiger partial charge is 0.192 e. The van der Waals surface area contributed by atoms with Gasteiger partial charge < -0.3 is 19.1 Å². The molecule has 0 heterocycles. The fraction of sp³-hybridized carbons (Fsp3) is 0.875. The molecule has 0 saturated heterocycles. The molecule has 2 rings (SSSR count). The summed E-state index contributed by atoms with van der Waals surface area (Å²) in [4.78, 5) is 0. The predicted molar refractivity (Wildman–Crippen MR) is 167 cm³/mol. The van der Waals surface area contributed by atoms with Gasteiger partial charge in [0, 0.05) is 30.5 Å². The van der Waals surface area contributed by atoms with Crippen molar-refractivity contribution < 1.29 is 19.1 Å². The Morgan fingerprint density at radius 2 is 1.05 bits per heavy atom. The van der Waals surface area contributed by atoms with E-state index in [0.29, 0.717) is 13.2 Å². The molecule has 2 aliphatic carbocycles. The van der Waals surface area contributed by atoms with Crippen molar-refractivity contribution in [3.8, 4) is 0 Å². The monoisotopic (exact) mass is 566 g/mol. The summed E-state index contributed by atoms with van der Waals surface area (Å²) in [6, 6.07) is 0. The Balaban J connectivity index is 2.69. The average Bonchev–Trinajstić information content (AvgIpc) is 2.80. The second kappa shape index (κ2) is 12.3. The summed E-state index contributed by atoms with van der Waals surface area (Å²) < 4.78 is 13.9. The van der Waals surface area contributed by atoms with Gasteiger partial charge in [-0.1, -0.05) is 105 Å². The molecule has 0 bridgehead atoms. The van der Waals surface area contributed by atoms with Gasteiger partial charge in [0.05, 0.1) is 17.6 Å². The minimum absolute atomic E-state index is 0.00642. The average molecular weight is 567 g/mol. The molecule has 2 aliphatic rings. The SMILES string of the molecule is CCCC[C@H]1C=CC2(CO[Si](C)(C)C(C)(C)C)C=C[C@@H](CCCC)[C@@H](O)C2(CO[Si](C)(C)C(C)(C)C)[C@H]1O. The largest absolute Gasteiger partial charge is 0.416 e. The number of rotatable bonds is 12. The van der Waals surface area contributed by atoms with Crippen LogP contribution in [0, 0.1) is 22.7 Å². The molecular formula is C32H62O4Si2. The van der Waals surface area contributed by atoms with Crippen LogP contribution in [0.4, 0.5) is 0 Å². The van der Waals surface area contributed by atoms with Gasteiger partial charge >= 0.3 is 0 Å². The van der Waals surface area contributed by atoms with E-state index < -0.39 is 39.7 Å². The summed E-state index contributed by atoms with van der Waals surface area (Å²) in [6.45, 7) is 27.9. The molecule has 6 heteroatoms. The Morgan fingerprint density at radius 1 is 0.684 bits per heavy atom. The highest BCUT2D eigenvalue weighted by atomic mass is 28.4. The summed E-state index contributed by atoms with van der Waals surface area (Å²) in [6.07, 6.45) is 13.8. The first-order chi connectivity index (χ1) is 17.3. The minimum Gasteiger partial charge on any atom is -0.416 e. The number of hydrogen-bond acceptors (Lipinski definition) is 4. The van der Waals surface area contributed by atoms with Crippen LogP contribution < -0.4 is 0 Å². The summed E-state index contributed by atoms with van der Waals surface area (Å²) in [7, 11) is -4.23. The van der Waals surface area contributed by atoms with Crippen LogP contribution in [-0.2, 0) is 8.85 Å². The van der Waals surface area contributed by atoms with Gasteiger partial charge in [-0.05, 0) is 49.1 Å². The maximum absolute atomic E-state index is 12.4. The zero-order valence-electron chi connectivity index (χ0n) is 27.0. The lowest BCUT2D eigenvalue weighted by molar-refractivity contribution is -0.187. The van der Waals surface area contributed by atoms with E-state index >= 15 is 0 Å². The topological polar surface area (TPSA) is 58.9 Å². The minimum atomic E-state index is -2.15. The second-order valence-corrected chi connectivity index (χ2v) is 25.0. The Hall–Kier alpha value is -0.246. The molecule has 0 saturated carbocycles. The van der Waals surface area contributed by atoms with Crippen LogP contribution in [0.25, 0.3) is 0 Å². The number of fused-ring (bicyclic) bond motifs is 1. The second-order valence-electron chi connectivity index (χ2n) is 15.4. The van der Waals surface area contributed by atoms with Gasteiger partial charge in [-0.25, -0.2) is 0 Å². The van der Waals surface area contributed by atoms with Crippen LogP contribution in [-0.4, -0.2) is 52.3 Å². The lowest BCUT2D eigenvalue weighted by atomic mass is 9.49. The third kappa shape index (κ3) is 6.62. The van der Waals surface area contributed by atoms with Crippen molar-refractivity contribution in [3.05, 3.63) is 24.3 Å². The molecule has 222 valence electrons. The molecule has 6 atom stereocenters. The normalized spacial score (nSPS) is 32.5. The van der Waals surface area contributed by atoms with Crippen molar-refractivity contribution in [2.75, 3.05) is 13.2 Å². The molecule has 4 nitrogen and oxygen atoms in total. The van der Waals surface area contributed by atoms with E-state index in [1.54, 1.807) is 0 Å². The maximum Gasteiger partial charge on any atom is 0.192 e. The van der Waals surface area contributed by atoms with Crippen LogP contribution in [0.2, 0.25) is 36.3 Å². The van der Waals surface area contributed by atoms with Gasteiger partial charge in [0.2, 0.25) is 0 Å². The van der Waals surface area contributed by atoms with Gasteiger partial charge in [-0.2, -0.15) is 0 Å². The van der Waals surface area contributed by atoms with Gasteiger partial charge in [0.1, 0.15) is 0 Å². The molecule has 0 fully saturated rings. The first-order valence-electron chi connectivity index (χ1n) is 15.3. The molecule has 0 aromatic rings. The van der Waals surface area contributed by atoms with Crippen molar-refractivity contribution in [1.29, 1.82) is 0 Å². The third-order valence-electron chi connectivity index (χ3n) is 10.8. The molecule has 0 aromatic carbocycles. The molecule has 0 aromatic heterocycles. The number of unbranched alkanes of at least 4 members (excludes halogenated alkanes) is 2. The van der Waals surface area contributed by atoms with E-state index in [1.807, 2.05) is 0 Å². The maximum atomic E-state index is 12.4. The van der Waals surface area contributed by atoms with Crippen molar-refractivity contribution in [1.82, 2.24) is 0 Å². The van der Waals surface area contributed by atoms with E-state index in [0.717, 1.165) is 38.5 Å². The molecule has 0 spiro atoms. The first kappa shape index (κ1) is 34.0. The first-order valence-corrected chi connectivity index (χ1v) is 21.2. The quantitative estimate of drug-likeness (QED) is 0.184. The lowest BCUT2D eigenvalue weighted by Gasteiger charge is -2.61. The van der Waals surface area contributed by atoms with E-state index in [2.05, 4.69) is 106 Å². The highest BCUT2D eigenvalue weighted by molar-refractivity contribution is 6.74. The Morgan fingerprint density at radius 3 is 1.39 bits per heavy atom. The summed E-state index contributed by atoms with van der Waals surface area (Å²) in [5, 5.41) is 24.8. The lowest BCUT2D eigenvalue weighted by Crippen LogP contribution is -2.67. The predicted octanol–water partition coefficient (Wildman–Crippen LogP) is 8.48. The van der Waals surface area contributed by atoms with Gasteiger partial charge in [0.15, 0.2) is 16.6 Å². The molecule has 38 heavy (non-hydrogen) atoms. The van der Waals surface area contributed by atoms with Gasteiger partial charge in [-0.3, -0.25) is 0 Å². The standard InChI is InChI=1S/C32H62O4Si2/c1-13-15-17-25-19-21-31(23-35-37(9,10)29(3,4)5)22-20-26(18-16-14-2)28(34)32(31,27(25)33)24-36-38(11,12)30(6,7)8/h19-22,25-28,33-34H,13-18,23-24H2,1-12H3/t25-,26+,27-,28+,31?,32?. The summed E-state index contributed by atoms with van der Waals surface area (Å²) >= 11 is 0. The highest BCUT2D eigenvalue weighted by Crippen LogP contribution is 2.59.